The Morgan fingerprint density at radius 1 is 1.16 bits per heavy atom. The summed E-state index contributed by atoms with van der Waals surface area (Å²) in [6, 6.07) is 9.47. The van der Waals surface area contributed by atoms with Gasteiger partial charge in [-0.1, -0.05) is 50.1 Å². The van der Waals surface area contributed by atoms with E-state index in [4.69, 9.17) is 4.74 Å². The number of ketones is 1. The van der Waals surface area contributed by atoms with E-state index >= 15 is 0 Å². The number of Topliss-reactive ketones (excluding diaryl/α,β-unsaturated/α-hetero) is 1. The van der Waals surface area contributed by atoms with Gasteiger partial charge in [0.15, 0.2) is 0 Å². The van der Waals surface area contributed by atoms with Gasteiger partial charge in [-0.3, -0.25) is 4.79 Å². The number of rotatable bonds is 7. The summed E-state index contributed by atoms with van der Waals surface area (Å²) >= 11 is 0. The van der Waals surface area contributed by atoms with Crippen LogP contribution in [0.2, 0.25) is 0 Å². The molecule has 0 saturated heterocycles. The lowest BCUT2D eigenvalue weighted by Gasteiger charge is -2.27. The third kappa shape index (κ3) is 3.66. The van der Waals surface area contributed by atoms with E-state index in [1.807, 2.05) is 37.3 Å². The van der Waals surface area contributed by atoms with Gasteiger partial charge in [0.05, 0.1) is 12.0 Å². The zero-order valence-electron chi connectivity index (χ0n) is 11.9. The van der Waals surface area contributed by atoms with Crippen LogP contribution in [0.1, 0.15) is 45.6 Å². The summed E-state index contributed by atoms with van der Waals surface area (Å²) in [6.07, 6.45) is 2.54. The standard InChI is InChI=1S/C16H22O3/c1-4-6-12-16(3,13-10-8-7-9-11-13)14(17)15(18)19-5-2/h7-11H,4-6,12H2,1-3H3. The van der Waals surface area contributed by atoms with E-state index in [-0.39, 0.29) is 6.61 Å². The summed E-state index contributed by atoms with van der Waals surface area (Å²) < 4.78 is 4.86. The molecule has 1 rings (SSSR count). The third-order valence-electron chi connectivity index (χ3n) is 3.40. The Labute approximate surface area is 115 Å². The number of benzene rings is 1. The molecule has 0 radical (unpaired) electrons. The van der Waals surface area contributed by atoms with Crippen molar-refractivity contribution in [1.29, 1.82) is 0 Å². The lowest BCUT2D eigenvalue weighted by molar-refractivity contribution is -0.156. The Bertz CT molecular complexity index is 425. The van der Waals surface area contributed by atoms with Gasteiger partial charge in [-0.15, -0.1) is 0 Å². The second-order valence-corrected chi connectivity index (χ2v) is 4.85. The van der Waals surface area contributed by atoms with Crippen molar-refractivity contribution >= 4 is 11.8 Å². The van der Waals surface area contributed by atoms with Crippen molar-refractivity contribution in [1.82, 2.24) is 0 Å². The highest BCUT2D eigenvalue weighted by molar-refractivity contribution is 6.37. The van der Waals surface area contributed by atoms with Gasteiger partial charge >= 0.3 is 5.97 Å². The smallest absolute Gasteiger partial charge is 0.375 e. The van der Waals surface area contributed by atoms with E-state index in [1.165, 1.54) is 0 Å². The van der Waals surface area contributed by atoms with Crippen molar-refractivity contribution in [3.8, 4) is 0 Å². The molecule has 0 aliphatic rings. The lowest BCUT2D eigenvalue weighted by atomic mass is 9.74. The Hall–Kier alpha value is -1.64. The van der Waals surface area contributed by atoms with Crippen LogP contribution in [0.5, 0.6) is 0 Å². The minimum atomic E-state index is -0.788. The summed E-state index contributed by atoms with van der Waals surface area (Å²) in [7, 11) is 0. The highest BCUT2D eigenvalue weighted by Crippen LogP contribution is 2.31. The van der Waals surface area contributed by atoms with Crippen LogP contribution in [-0.4, -0.2) is 18.4 Å². The topological polar surface area (TPSA) is 43.4 Å². The molecule has 0 N–H and O–H groups in total. The van der Waals surface area contributed by atoms with E-state index in [2.05, 4.69) is 6.92 Å². The molecule has 0 aromatic heterocycles. The maximum absolute atomic E-state index is 12.4. The molecule has 1 aromatic carbocycles. The van der Waals surface area contributed by atoms with Gasteiger partial charge < -0.3 is 4.74 Å². The Kier molecular flexibility index (Phi) is 5.74. The maximum Gasteiger partial charge on any atom is 0.375 e. The number of unbranched alkanes of at least 4 members (excludes halogenated alkanes) is 1. The normalized spacial score (nSPS) is 13.6. The Morgan fingerprint density at radius 2 is 1.79 bits per heavy atom. The van der Waals surface area contributed by atoms with Gasteiger partial charge in [-0.05, 0) is 25.8 Å². The summed E-state index contributed by atoms with van der Waals surface area (Å²) in [5, 5.41) is 0. The van der Waals surface area contributed by atoms with Gasteiger partial charge in [0.25, 0.3) is 0 Å². The summed E-state index contributed by atoms with van der Waals surface area (Å²) in [5.41, 5.74) is 0.0882. The van der Waals surface area contributed by atoms with E-state index in [9.17, 15) is 9.59 Å². The molecule has 0 fully saturated rings. The first kappa shape index (κ1) is 15.4. The quantitative estimate of drug-likeness (QED) is 0.559. The van der Waals surface area contributed by atoms with Crippen molar-refractivity contribution in [2.24, 2.45) is 0 Å². The zero-order valence-corrected chi connectivity index (χ0v) is 11.9. The van der Waals surface area contributed by atoms with Crippen molar-refractivity contribution in [3.05, 3.63) is 35.9 Å². The van der Waals surface area contributed by atoms with Crippen LogP contribution in [0.3, 0.4) is 0 Å². The second kappa shape index (κ2) is 7.07. The SMILES string of the molecule is CCCCC(C)(C(=O)C(=O)OCC)c1ccccc1. The molecule has 0 heterocycles. The first-order valence-corrected chi connectivity index (χ1v) is 6.83. The molecule has 0 aliphatic heterocycles. The number of ether oxygens (including phenoxy) is 1. The zero-order chi connectivity index (χ0) is 14.3. The fraction of sp³-hybridized carbons (Fsp3) is 0.500. The molecule has 0 spiro atoms. The van der Waals surface area contributed by atoms with Gasteiger partial charge in [0, 0.05) is 0 Å². The van der Waals surface area contributed by atoms with Gasteiger partial charge in [0.2, 0.25) is 5.78 Å². The molecule has 104 valence electrons. The van der Waals surface area contributed by atoms with Crippen LogP contribution in [-0.2, 0) is 19.7 Å². The van der Waals surface area contributed by atoms with Crippen molar-refractivity contribution in [2.45, 2.75) is 45.4 Å². The average Bonchev–Trinajstić information content (AvgIpc) is 2.45. The molecular weight excluding hydrogens is 240 g/mol. The fourth-order valence-corrected chi connectivity index (χ4v) is 2.15. The summed E-state index contributed by atoms with van der Waals surface area (Å²) in [4.78, 5) is 24.1. The van der Waals surface area contributed by atoms with E-state index in [1.54, 1.807) is 6.92 Å². The van der Waals surface area contributed by atoms with Gasteiger partial charge in [0.1, 0.15) is 0 Å². The summed E-state index contributed by atoms with van der Waals surface area (Å²) in [5.74, 6) is -1.18. The first-order chi connectivity index (χ1) is 9.06. The van der Waals surface area contributed by atoms with E-state index in [0.29, 0.717) is 6.42 Å². The van der Waals surface area contributed by atoms with Crippen LogP contribution in [0.4, 0.5) is 0 Å². The van der Waals surface area contributed by atoms with Crippen molar-refractivity contribution in [3.63, 3.8) is 0 Å². The lowest BCUT2D eigenvalue weighted by Crippen LogP contribution is -2.39. The average molecular weight is 262 g/mol. The molecule has 1 aromatic rings. The molecule has 19 heavy (non-hydrogen) atoms. The molecule has 0 amide bonds. The van der Waals surface area contributed by atoms with E-state index < -0.39 is 17.2 Å². The van der Waals surface area contributed by atoms with Gasteiger partial charge in [-0.25, -0.2) is 4.79 Å². The van der Waals surface area contributed by atoms with Crippen LogP contribution >= 0.6 is 0 Å². The highest BCUT2D eigenvalue weighted by atomic mass is 16.5. The van der Waals surface area contributed by atoms with Crippen LogP contribution in [0, 0.1) is 0 Å². The Balaban J connectivity index is 3.06. The largest absolute Gasteiger partial charge is 0.460 e. The van der Waals surface area contributed by atoms with Crippen LogP contribution in [0.25, 0.3) is 0 Å². The van der Waals surface area contributed by atoms with Crippen LogP contribution < -0.4 is 0 Å². The minimum Gasteiger partial charge on any atom is -0.460 e. The molecule has 1 unspecified atom stereocenters. The van der Waals surface area contributed by atoms with Crippen LogP contribution in [0.15, 0.2) is 30.3 Å². The second-order valence-electron chi connectivity index (χ2n) is 4.85. The minimum absolute atomic E-state index is 0.225. The Morgan fingerprint density at radius 3 is 2.32 bits per heavy atom. The molecular formula is C16H22O3. The first-order valence-electron chi connectivity index (χ1n) is 6.83. The third-order valence-corrected chi connectivity index (χ3v) is 3.40. The number of esters is 1. The van der Waals surface area contributed by atoms with E-state index in [0.717, 1.165) is 18.4 Å². The number of carbonyl (C=O) groups excluding carboxylic acids is 2. The monoisotopic (exact) mass is 262 g/mol. The fourth-order valence-electron chi connectivity index (χ4n) is 2.15. The van der Waals surface area contributed by atoms with Gasteiger partial charge in [-0.2, -0.15) is 0 Å². The van der Waals surface area contributed by atoms with Crippen molar-refractivity contribution in [2.75, 3.05) is 6.61 Å². The maximum atomic E-state index is 12.4. The summed E-state index contributed by atoms with van der Waals surface area (Å²) in [6.45, 7) is 5.83. The molecule has 0 saturated carbocycles. The number of hydrogen-bond donors (Lipinski definition) is 0. The molecule has 1 atom stereocenters. The molecule has 3 nitrogen and oxygen atoms in total. The number of hydrogen-bond acceptors (Lipinski definition) is 3. The predicted octanol–water partition coefficient (Wildman–Crippen LogP) is 3.27. The molecule has 0 aliphatic carbocycles. The predicted molar refractivity (Wildman–Crippen MR) is 75.0 cm³/mol. The highest BCUT2D eigenvalue weighted by Gasteiger charge is 2.39. The van der Waals surface area contributed by atoms with Crippen molar-refractivity contribution < 1.29 is 14.3 Å². The molecule has 3 heteroatoms. The molecule has 0 bridgehead atoms. The number of carbonyl (C=O) groups is 2.